The minimum absolute atomic E-state index is 0.118. The van der Waals surface area contributed by atoms with Crippen molar-refractivity contribution in [3.05, 3.63) is 23.9 Å². The van der Waals surface area contributed by atoms with Crippen LogP contribution in [-0.2, 0) is 0 Å². The van der Waals surface area contributed by atoms with Crippen LogP contribution >= 0.6 is 0 Å². The molecule has 22 heavy (non-hydrogen) atoms. The quantitative estimate of drug-likeness (QED) is 0.850. The number of nitrogens with zero attached hydrogens (tertiary/aromatic N) is 2. The summed E-state index contributed by atoms with van der Waals surface area (Å²) in [5.74, 6) is 0.331. The van der Waals surface area contributed by atoms with E-state index in [0.29, 0.717) is 37.4 Å². The number of carbonyl (C=O) groups excluding carboxylic acids is 1. The van der Waals surface area contributed by atoms with Gasteiger partial charge in [-0.3, -0.25) is 4.79 Å². The molecular formula is C16H24N2O4. The van der Waals surface area contributed by atoms with E-state index in [-0.39, 0.29) is 12.5 Å². The van der Waals surface area contributed by atoms with Crippen molar-refractivity contribution in [1.82, 2.24) is 9.88 Å². The molecule has 1 aliphatic rings. The van der Waals surface area contributed by atoms with Crippen LogP contribution in [0.4, 0.5) is 0 Å². The van der Waals surface area contributed by atoms with E-state index in [1.807, 2.05) is 6.92 Å². The van der Waals surface area contributed by atoms with E-state index in [2.05, 4.69) is 4.98 Å². The lowest BCUT2D eigenvalue weighted by atomic mass is 9.74. The molecule has 6 heteroatoms. The summed E-state index contributed by atoms with van der Waals surface area (Å²) in [6, 6.07) is 3.33. The minimum Gasteiger partial charge on any atom is -0.481 e. The molecular weight excluding hydrogens is 284 g/mol. The van der Waals surface area contributed by atoms with Gasteiger partial charge in [0.15, 0.2) is 0 Å². The first-order chi connectivity index (χ1) is 10.6. The maximum atomic E-state index is 12.6. The molecule has 1 amide bonds. The van der Waals surface area contributed by atoms with Crippen LogP contribution in [0.5, 0.6) is 5.88 Å². The summed E-state index contributed by atoms with van der Waals surface area (Å²) in [6.45, 7) is 2.74. The number of piperidine rings is 1. The van der Waals surface area contributed by atoms with Gasteiger partial charge in [0.25, 0.3) is 5.91 Å². The van der Waals surface area contributed by atoms with Gasteiger partial charge in [0.1, 0.15) is 0 Å². The normalized spacial score (nSPS) is 25.1. The number of methoxy groups -OCH3 is 1. The number of ether oxygens (including phenoxy) is 1. The molecule has 2 rings (SSSR count). The van der Waals surface area contributed by atoms with Crippen LogP contribution in [0.25, 0.3) is 0 Å². The third-order valence-corrected chi connectivity index (χ3v) is 4.43. The van der Waals surface area contributed by atoms with E-state index in [1.165, 1.54) is 13.3 Å². The van der Waals surface area contributed by atoms with Gasteiger partial charge in [0.05, 0.1) is 25.4 Å². The number of aliphatic hydroxyl groups is 2. The fraction of sp³-hybridized carbons (Fsp3) is 0.625. The number of amides is 1. The molecule has 1 saturated heterocycles. The van der Waals surface area contributed by atoms with Gasteiger partial charge in [-0.15, -0.1) is 0 Å². The van der Waals surface area contributed by atoms with Crippen LogP contribution in [0.15, 0.2) is 18.3 Å². The number of pyridine rings is 1. The van der Waals surface area contributed by atoms with Gasteiger partial charge in [-0.05, 0) is 18.9 Å². The maximum Gasteiger partial charge on any atom is 0.255 e. The largest absolute Gasteiger partial charge is 0.481 e. The summed E-state index contributed by atoms with van der Waals surface area (Å²) in [5.41, 5.74) is -0.136. The first-order valence-corrected chi connectivity index (χ1v) is 7.64. The Kier molecular flexibility index (Phi) is 5.37. The summed E-state index contributed by atoms with van der Waals surface area (Å²) in [6.07, 6.45) is 2.94. The highest BCUT2D eigenvalue weighted by molar-refractivity contribution is 5.94. The molecule has 2 atom stereocenters. The third-order valence-electron chi connectivity index (χ3n) is 4.43. The Morgan fingerprint density at radius 3 is 2.86 bits per heavy atom. The zero-order valence-corrected chi connectivity index (χ0v) is 13.2. The molecule has 1 aromatic rings. The predicted octanol–water partition coefficient (Wildman–Crippen LogP) is 1.08. The Labute approximate surface area is 130 Å². The molecule has 0 aromatic carbocycles. The maximum absolute atomic E-state index is 12.6. The number of likely N-dealkylation sites (tertiary alicyclic amines) is 1. The van der Waals surface area contributed by atoms with Gasteiger partial charge in [-0.1, -0.05) is 13.3 Å². The number of carbonyl (C=O) groups is 1. The van der Waals surface area contributed by atoms with Crippen molar-refractivity contribution in [1.29, 1.82) is 0 Å². The zero-order chi connectivity index (χ0) is 16.2. The van der Waals surface area contributed by atoms with Crippen molar-refractivity contribution in [3.63, 3.8) is 0 Å². The molecule has 6 nitrogen and oxygen atoms in total. The van der Waals surface area contributed by atoms with Crippen molar-refractivity contribution in [2.45, 2.75) is 32.3 Å². The number of aromatic nitrogens is 1. The van der Waals surface area contributed by atoms with Crippen molar-refractivity contribution in [2.24, 2.45) is 5.41 Å². The van der Waals surface area contributed by atoms with E-state index in [4.69, 9.17) is 4.74 Å². The lowest BCUT2D eigenvalue weighted by Gasteiger charge is -2.45. The monoisotopic (exact) mass is 308 g/mol. The van der Waals surface area contributed by atoms with E-state index in [1.54, 1.807) is 17.0 Å². The van der Waals surface area contributed by atoms with Gasteiger partial charge in [0.2, 0.25) is 5.88 Å². The first kappa shape index (κ1) is 16.7. The Morgan fingerprint density at radius 2 is 2.32 bits per heavy atom. The van der Waals surface area contributed by atoms with Crippen LogP contribution in [0.2, 0.25) is 0 Å². The average Bonchev–Trinajstić information content (AvgIpc) is 2.56. The lowest BCUT2D eigenvalue weighted by molar-refractivity contribution is -0.0720. The SMILES string of the molecule is CCC[C@@]1(CO)CN(C(=O)c2ccc(OC)nc2)CC[C@H]1O. The van der Waals surface area contributed by atoms with E-state index >= 15 is 0 Å². The average molecular weight is 308 g/mol. The third kappa shape index (κ3) is 3.23. The second-order valence-corrected chi connectivity index (χ2v) is 5.89. The Bertz CT molecular complexity index is 505. The van der Waals surface area contributed by atoms with Gasteiger partial charge in [0, 0.05) is 30.8 Å². The summed E-state index contributed by atoms with van der Waals surface area (Å²) < 4.78 is 4.99. The minimum atomic E-state index is -0.622. The van der Waals surface area contributed by atoms with Gasteiger partial charge >= 0.3 is 0 Å². The number of aliphatic hydroxyl groups excluding tert-OH is 2. The van der Waals surface area contributed by atoms with Gasteiger partial charge < -0.3 is 19.8 Å². The van der Waals surface area contributed by atoms with E-state index in [9.17, 15) is 15.0 Å². The first-order valence-electron chi connectivity index (χ1n) is 7.64. The number of rotatable bonds is 5. The Balaban J connectivity index is 2.15. The molecule has 0 bridgehead atoms. The van der Waals surface area contributed by atoms with Crippen LogP contribution in [0.1, 0.15) is 36.5 Å². The van der Waals surface area contributed by atoms with Crippen molar-refractivity contribution in [3.8, 4) is 5.88 Å². The summed E-state index contributed by atoms with van der Waals surface area (Å²) in [7, 11) is 1.52. The fourth-order valence-corrected chi connectivity index (χ4v) is 3.11. The van der Waals surface area contributed by atoms with Crippen LogP contribution in [-0.4, -0.2) is 58.9 Å². The van der Waals surface area contributed by atoms with Crippen LogP contribution in [0.3, 0.4) is 0 Å². The van der Waals surface area contributed by atoms with Crippen molar-refractivity contribution in [2.75, 3.05) is 26.8 Å². The Hall–Kier alpha value is -1.66. The molecule has 1 aliphatic heterocycles. The second-order valence-electron chi connectivity index (χ2n) is 5.89. The van der Waals surface area contributed by atoms with E-state index < -0.39 is 11.5 Å². The molecule has 2 heterocycles. The highest BCUT2D eigenvalue weighted by Crippen LogP contribution is 2.35. The smallest absolute Gasteiger partial charge is 0.255 e. The molecule has 0 radical (unpaired) electrons. The molecule has 0 saturated carbocycles. The van der Waals surface area contributed by atoms with Gasteiger partial charge in [-0.25, -0.2) is 4.98 Å². The van der Waals surface area contributed by atoms with Crippen molar-refractivity contribution < 1.29 is 19.7 Å². The second kappa shape index (κ2) is 7.07. The molecule has 122 valence electrons. The fourth-order valence-electron chi connectivity index (χ4n) is 3.11. The highest BCUT2D eigenvalue weighted by Gasteiger charge is 2.43. The molecule has 0 aliphatic carbocycles. The summed E-state index contributed by atoms with van der Waals surface area (Å²) in [5, 5.41) is 20.0. The molecule has 0 spiro atoms. The molecule has 2 N–H and O–H groups in total. The van der Waals surface area contributed by atoms with Crippen LogP contribution < -0.4 is 4.74 Å². The standard InChI is InChI=1S/C16H24N2O4/c1-3-7-16(11-19)10-18(8-6-13(16)20)15(21)12-4-5-14(22-2)17-9-12/h4-5,9,13,19-20H,3,6-8,10-11H2,1-2H3/t13-,16+/m1/s1. The lowest BCUT2D eigenvalue weighted by Crippen LogP contribution is -2.55. The predicted molar refractivity (Wildman–Crippen MR) is 81.7 cm³/mol. The highest BCUT2D eigenvalue weighted by atomic mass is 16.5. The molecule has 0 unspecified atom stereocenters. The van der Waals surface area contributed by atoms with Crippen LogP contribution in [0, 0.1) is 5.41 Å². The Morgan fingerprint density at radius 1 is 1.55 bits per heavy atom. The zero-order valence-electron chi connectivity index (χ0n) is 13.2. The number of hydrogen-bond donors (Lipinski definition) is 2. The van der Waals surface area contributed by atoms with E-state index in [0.717, 1.165) is 6.42 Å². The summed E-state index contributed by atoms with van der Waals surface area (Å²) >= 11 is 0. The van der Waals surface area contributed by atoms with Gasteiger partial charge in [-0.2, -0.15) is 0 Å². The molecule has 1 fully saturated rings. The molecule has 1 aromatic heterocycles. The van der Waals surface area contributed by atoms with Crippen molar-refractivity contribution >= 4 is 5.91 Å². The topological polar surface area (TPSA) is 82.9 Å². The number of hydrogen-bond acceptors (Lipinski definition) is 5. The summed E-state index contributed by atoms with van der Waals surface area (Å²) in [4.78, 5) is 18.3.